The topological polar surface area (TPSA) is 63.4 Å². The van der Waals surface area contributed by atoms with E-state index in [1.807, 2.05) is 36.1 Å². The number of methoxy groups -OCH3 is 1. The van der Waals surface area contributed by atoms with Gasteiger partial charge in [0.05, 0.1) is 11.6 Å². The maximum Gasteiger partial charge on any atom is 0.258 e. The molecule has 1 atom stereocenters. The first-order chi connectivity index (χ1) is 15.5. The molecule has 0 aliphatic carbocycles. The van der Waals surface area contributed by atoms with Gasteiger partial charge in [0.25, 0.3) is 5.89 Å². The number of thiocarbonyl (C=S) groups is 1. The van der Waals surface area contributed by atoms with E-state index < -0.39 is 0 Å². The fourth-order valence-electron chi connectivity index (χ4n) is 3.68. The summed E-state index contributed by atoms with van der Waals surface area (Å²) < 4.78 is 24.5. The molecule has 1 unspecified atom stereocenters. The molecule has 3 aromatic rings. The standard InChI is InChI=1S/C23H22ClFN4O2S/c1-14-19(22-27-21(28-31-22)16-5-3-6-18(25)13-16)20(15-7-9-17(24)10-8-15)26-23(32)29(14)11-4-12-30-2/h3,5-10,13,20H,4,11-12H2,1-2H3,(H,26,32). The lowest BCUT2D eigenvalue weighted by atomic mass is 9.95. The first kappa shape index (κ1) is 22.4. The first-order valence-electron chi connectivity index (χ1n) is 10.1. The van der Waals surface area contributed by atoms with Crippen LogP contribution in [0.1, 0.15) is 30.8 Å². The monoisotopic (exact) mass is 472 g/mol. The normalized spacial score (nSPS) is 16.4. The number of halogens is 2. The van der Waals surface area contributed by atoms with E-state index >= 15 is 0 Å². The highest BCUT2D eigenvalue weighted by Gasteiger charge is 2.33. The minimum atomic E-state index is -0.364. The van der Waals surface area contributed by atoms with E-state index in [0.29, 0.717) is 40.6 Å². The smallest absolute Gasteiger partial charge is 0.258 e. The fraction of sp³-hybridized carbons (Fsp3) is 0.261. The second-order valence-electron chi connectivity index (χ2n) is 7.36. The Morgan fingerprint density at radius 1 is 1.25 bits per heavy atom. The lowest BCUT2D eigenvalue weighted by Gasteiger charge is -2.37. The zero-order valence-corrected chi connectivity index (χ0v) is 19.2. The van der Waals surface area contributed by atoms with Gasteiger partial charge < -0.3 is 19.5 Å². The summed E-state index contributed by atoms with van der Waals surface area (Å²) in [5.74, 6) is 0.291. The average Bonchev–Trinajstić information content (AvgIpc) is 3.26. The van der Waals surface area contributed by atoms with Crippen molar-refractivity contribution in [3.05, 3.63) is 76.5 Å². The van der Waals surface area contributed by atoms with Crippen LogP contribution in [-0.4, -0.2) is 40.4 Å². The Balaban J connectivity index is 1.77. The SMILES string of the molecule is COCCCN1C(=S)NC(c2ccc(Cl)cc2)C(c2nc(-c3cccc(F)c3)no2)=C1C. The van der Waals surface area contributed by atoms with E-state index in [2.05, 4.69) is 15.5 Å². The van der Waals surface area contributed by atoms with Crippen molar-refractivity contribution in [2.45, 2.75) is 19.4 Å². The molecule has 0 radical (unpaired) electrons. The van der Waals surface area contributed by atoms with Gasteiger partial charge >= 0.3 is 0 Å². The third-order valence-corrected chi connectivity index (χ3v) is 5.86. The van der Waals surface area contributed by atoms with Gasteiger partial charge in [-0.3, -0.25) is 0 Å². The largest absolute Gasteiger partial charge is 0.385 e. The van der Waals surface area contributed by atoms with E-state index in [-0.39, 0.29) is 11.9 Å². The van der Waals surface area contributed by atoms with E-state index in [0.717, 1.165) is 23.3 Å². The van der Waals surface area contributed by atoms with E-state index in [4.69, 9.17) is 33.1 Å². The number of aromatic nitrogens is 2. The zero-order chi connectivity index (χ0) is 22.7. The number of allylic oxidation sites excluding steroid dienone is 1. The third-order valence-electron chi connectivity index (χ3n) is 5.27. The molecule has 4 rings (SSSR count). The number of nitrogens with one attached hydrogen (secondary N) is 1. The summed E-state index contributed by atoms with van der Waals surface area (Å²) in [5, 5.41) is 8.73. The molecule has 32 heavy (non-hydrogen) atoms. The number of benzene rings is 2. The average molecular weight is 473 g/mol. The first-order valence-corrected chi connectivity index (χ1v) is 10.9. The van der Waals surface area contributed by atoms with Crippen LogP contribution in [-0.2, 0) is 4.74 Å². The van der Waals surface area contributed by atoms with Gasteiger partial charge in [0.1, 0.15) is 5.82 Å². The Labute approximate surface area is 196 Å². The second kappa shape index (κ2) is 9.77. The number of nitrogens with zero attached hydrogens (tertiary/aromatic N) is 3. The van der Waals surface area contributed by atoms with Crippen LogP contribution in [0.2, 0.25) is 5.02 Å². The lowest BCUT2D eigenvalue weighted by Crippen LogP contribution is -2.46. The zero-order valence-electron chi connectivity index (χ0n) is 17.6. The van der Waals surface area contributed by atoms with Crippen molar-refractivity contribution >= 4 is 34.5 Å². The Morgan fingerprint density at radius 3 is 2.75 bits per heavy atom. The lowest BCUT2D eigenvalue weighted by molar-refractivity contribution is 0.188. The van der Waals surface area contributed by atoms with Crippen molar-refractivity contribution < 1.29 is 13.7 Å². The fourth-order valence-corrected chi connectivity index (χ4v) is 4.15. The molecule has 1 aliphatic rings. The second-order valence-corrected chi connectivity index (χ2v) is 8.19. The summed E-state index contributed by atoms with van der Waals surface area (Å²) in [7, 11) is 1.67. The Kier molecular flexibility index (Phi) is 6.83. The van der Waals surface area contributed by atoms with Gasteiger partial charge in [-0.25, -0.2) is 4.39 Å². The van der Waals surface area contributed by atoms with Crippen LogP contribution in [0.15, 0.2) is 58.8 Å². The number of ether oxygens (including phenoxy) is 1. The molecule has 2 heterocycles. The van der Waals surface area contributed by atoms with Crippen LogP contribution in [0.3, 0.4) is 0 Å². The number of hydrogen-bond donors (Lipinski definition) is 1. The van der Waals surface area contributed by atoms with Crippen LogP contribution in [0, 0.1) is 5.82 Å². The molecule has 1 N–H and O–H groups in total. The van der Waals surface area contributed by atoms with Gasteiger partial charge in [-0.1, -0.05) is 41.0 Å². The highest BCUT2D eigenvalue weighted by atomic mass is 35.5. The molecule has 6 nitrogen and oxygen atoms in total. The Hall–Kier alpha value is -2.81. The van der Waals surface area contributed by atoms with E-state index in [9.17, 15) is 4.39 Å². The molecular formula is C23H22ClFN4O2S. The van der Waals surface area contributed by atoms with Gasteiger partial charge in [0.15, 0.2) is 5.11 Å². The van der Waals surface area contributed by atoms with Crippen molar-refractivity contribution in [1.82, 2.24) is 20.4 Å². The maximum absolute atomic E-state index is 13.7. The van der Waals surface area contributed by atoms with Crippen molar-refractivity contribution in [2.75, 3.05) is 20.3 Å². The molecule has 0 bridgehead atoms. The summed E-state index contributed by atoms with van der Waals surface area (Å²) in [6, 6.07) is 13.3. The quantitative estimate of drug-likeness (QED) is 0.373. The summed E-state index contributed by atoms with van der Waals surface area (Å²) in [4.78, 5) is 6.58. The van der Waals surface area contributed by atoms with Gasteiger partial charge in [0.2, 0.25) is 5.82 Å². The molecule has 0 spiro atoms. The van der Waals surface area contributed by atoms with E-state index in [1.54, 1.807) is 19.2 Å². The minimum absolute atomic E-state index is 0.306. The summed E-state index contributed by atoms with van der Waals surface area (Å²) in [6.07, 6.45) is 0.799. The summed E-state index contributed by atoms with van der Waals surface area (Å²) in [5.41, 5.74) is 3.19. The van der Waals surface area contributed by atoms with Crippen LogP contribution in [0.4, 0.5) is 4.39 Å². The van der Waals surface area contributed by atoms with Gasteiger partial charge in [0, 0.05) is 36.5 Å². The van der Waals surface area contributed by atoms with Crippen molar-refractivity contribution in [2.24, 2.45) is 0 Å². The van der Waals surface area contributed by atoms with Crippen LogP contribution in [0.25, 0.3) is 17.0 Å². The number of rotatable bonds is 7. The van der Waals surface area contributed by atoms with Gasteiger partial charge in [-0.15, -0.1) is 0 Å². The van der Waals surface area contributed by atoms with Crippen LogP contribution < -0.4 is 5.32 Å². The molecule has 166 valence electrons. The molecule has 9 heteroatoms. The Morgan fingerprint density at radius 2 is 2.03 bits per heavy atom. The predicted octanol–water partition coefficient (Wildman–Crippen LogP) is 5.23. The summed E-state index contributed by atoms with van der Waals surface area (Å²) >= 11 is 11.8. The summed E-state index contributed by atoms with van der Waals surface area (Å²) in [6.45, 7) is 3.27. The third kappa shape index (κ3) is 4.67. The van der Waals surface area contributed by atoms with Crippen molar-refractivity contribution in [3.63, 3.8) is 0 Å². The molecule has 1 aromatic heterocycles. The molecule has 1 aliphatic heterocycles. The molecule has 0 saturated carbocycles. The van der Waals surface area contributed by atoms with Crippen LogP contribution >= 0.6 is 23.8 Å². The number of hydrogen-bond acceptors (Lipinski definition) is 5. The highest BCUT2D eigenvalue weighted by molar-refractivity contribution is 7.80. The Bertz CT molecular complexity index is 1150. The van der Waals surface area contributed by atoms with Gasteiger partial charge in [-0.2, -0.15) is 4.98 Å². The highest BCUT2D eigenvalue weighted by Crippen LogP contribution is 2.37. The van der Waals surface area contributed by atoms with E-state index in [1.165, 1.54) is 12.1 Å². The van der Waals surface area contributed by atoms with Crippen LogP contribution in [0.5, 0.6) is 0 Å². The molecule has 0 fully saturated rings. The van der Waals surface area contributed by atoms with Crippen molar-refractivity contribution in [3.8, 4) is 11.4 Å². The van der Waals surface area contributed by atoms with Gasteiger partial charge in [-0.05, 0) is 55.4 Å². The predicted molar refractivity (Wildman–Crippen MR) is 125 cm³/mol. The molecule has 0 saturated heterocycles. The maximum atomic E-state index is 13.7. The molecular weight excluding hydrogens is 451 g/mol. The minimum Gasteiger partial charge on any atom is -0.385 e. The molecule has 2 aromatic carbocycles. The van der Waals surface area contributed by atoms with Crippen molar-refractivity contribution in [1.29, 1.82) is 0 Å². The molecule has 0 amide bonds.